The summed E-state index contributed by atoms with van der Waals surface area (Å²) in [4.78, 5) is 11.1. The zero-order valence-corrected chi connectivity index (χ0v) is 21.5. The molecule has 0 spiro atoms. The van der Waals surface area contributed by atoms with Crippen molar-refractivity contribution in [3.8, 4) is 28.4 Å². The fourth-order valence-electron chi connectivity index (χ4n) is 4.79. The van der Waals surface area contributed by atoms with Gasteiger partial charge < -0.3 is 19.3 Å². The summed E-state index contributed by atoms with van der Waals surface area (Å²) in [5.41, 5.74) is 5.18. The van der Waals surface area contributed by atoms with Crippen LogP contribution in [-0.2, 0) is 27.7 Å². The first-order chi connectivity index (χ1) is 17.8. The Morgan fingerprint density at radius 1 is 1.03 bits per heavy atom. The molecule has 0 radical (unpaired) electrons. The number of carboxylic acid groups (broad SMARTS) is 1. The second-order valence-electron chi connectivity index (χ2n) is 9.69. The van der Waals surface area contributed by atoms with Gasteiger partial charge in [-0.25, -0.2) is 8.42 Å². The van der Waals surface area contributed by atoms with Crippen LogP contribution >= 0.6 is 0 Å². The Balaban J connectivity index is 1.26. The number of rotatable bonds is 10. The lowest BCUT2D eigenvalue weighted by Crippen LogP contribution is -2.08. The van der Waals surface area contributed by atoms with E-state index in [9.17, 15) is 13.2 Å². The second-order valence-corrected chi connectivity index (χ2v) is 11.9. The molecule has 3 aromatic rings. The normalized spacial score (nSPS) is 18.1. The molecule has 1 saturated carbocycles. The van der Waals surface area contributed by atoms with Crippen molar-refractivity contribution in [3.05, 3.63) is 77.4 Å². The summed E-state index contributed by atoms with van der Waals surface area (Å²) in [6.07, 6.45) is 3.11. The van der Waals surface area contributed by atoms with E-state index >= 15 is 0 Å². The topological polar surface area (TPSA) is 99.1 Å². The van der Waals surface area contributed by atoms with Gasteiger partial charge in [0.05, 0.1) is 24.9 Å². The molecule has 0 aromatic heterocycles. The van der Waals surface area contributed by atoms with Gasteiger partial charge in [0, 0.05) is 23.8 Å². The fraction of sp³-hybridized carbons (Fsp3) is 0.345. The first kappa shape index (κ1) is 25.1. The largest absolute Gasteiger partial charge is 0.494 e. The van der Waals surface area contributed by atoms with E-state index in [1.165, 1.54) is 6.26 Å². The minimum absolute atomic E-state index is 0.100. The van der Waals surface area contributed by atoms with Gasteiger partial charge in [-0.3, -0.25) is 4.79 Å². The molecule has 37 heavy (non-hydrogen) atoms. The minimum Gasteiger partial charge on any atom is -0.494 e. The molecule has 1 aliphatic carbocycles. The van der Waals surface area contributed by atoms with Crippen molar-refractivity contribution in [1.82, 2.24) is 0 Å². The second kappa shape index (κ2) is 10.5. The Bertz CT molecular complexity index is 1400. The lowest BCUT2D eigenvalue weighted by atomic mass is 9.96. The Morgan fingerprint density at radius 3 is 2.54 bits per heavy atom. The summed E-state index contributed by atoms with van der Waals surface area (Å²) in [5, 5.41) is 9.15. The number of benzene rings is 3. The minimum atomic E-state index is -2.99. The van der Waals surface area contributed by atoms with Crippen molar-refractivity contribution >= 4 is 15.8 Å². The molecule has 5 rings (SSSR count). The summed E-state index contributed by atoms with van der Waals surface area (Å²) in [5.74, 6) is 1.46. The lowest BCUT2D eigenvalue weighted by Gasteiger charge is -2.15. The Hall–Kier alpha value is -3.52. The van der Waals surface area contributed by atoms with E-state index in [-0.39, 0.29) is 17.6 Å². The number of hydrogen-bond donors (Lipinski definition) is 1. The third-order valence-corrected chi connectivity index (χ3v) is 7.85. The van der Waals surface area contributed by atoms with Gasteiger partial charge in [0.2, 0.25) is 0 Å². The Morgan fingerprint density at radius 2 is 1.81 bits per heavy atom. The first-order valence-corrected chi connectivity index (χ1v) is 14.5. The van der Waals surface area contributed by atoms with Gasteiger partial charge in [0.15, 0.2) is 0 Å². The highest BCUT2D eigenvalue weighted by Crippen LogP contribution is 2.47. The van der Waals surface area contributed by atoms with Gasteiger partial charge in [-0.2, -0.15) is 0 Å². The van der Waals surface area contributed by atoms with Crippen LogP contribution in [0.3, 0.4) is 0 Å². The molecule has 0 unspecified atom stereocenters. The molecule has 0 saturated heterocycles. The van der Waals surface area contributed by atoms with E-state index in [2.05, 4.69) is 0 Å². The maximum Gasteiger partial charge on any atom is 0.307 e. The van der Waals surface area contributed by atoms with Crippen LogP contribution in [0.4, 0.5) is 0 Å². The highest BCUT2D eigenvalue weighted by atomic mass is 32.2. The number of hydrogen-bond acceptors (Lipinski definition) is 6. The Labute approximate surface area is 216 Å². The molecule has 0 bridgehead atoms. The van der Waals surface area contributed by atoms with Gasteiger partial charge in [0.1, 0.15) is 33.7 Å². The molecule has 0 amide bonds. The molecule has 8 heteroatoms. The van der Waals surface area contributed by atoms with Crippen LogP contribution in [0, 0.1) is 5.92 Å². The summed E-state index contributed by atoms with van der Waals surface area (Å²) >= 11 is 0. The van der Waals surface area contributed by atoms with Crippen LogP contribution in [0.25, 0.3) is 11.1 Å². The summed E-state index contributed by atoms with van der Waals surface area (Å²) in [6, 6.07) is 19.7. The average molecular weight is 523 g/mol. The predicted molar refractivity (Wildman–Crippen MR) is 140 cm³/mol. The molecule has 1 heterocycles. The van der Waals surface area contributed by atoms with E-state index < -0.39 is 15.8 Å². The third kappa shape index (κ3) is 6.07. The number of carboxylic acids is 1. The predicted octanol–water partition coefficient (Wildman–Crippen LogP) is 4.87. The number of carbonyl (C=O) groups is 1. The Kier molecular flexibility index (Phi) is 7.11. The van der Waals surface area contributed by atoms with Gasteiger partial charge in [-0.1, -0.05) is 36.4 Å². The van der Waals surface area contributed by atoms with Crippen LogP contribution in [0.2, 0.25) is 0 Å². The van der Waals surface area contributed by atoms with Crippen LogP contribution in [0.15, 0.2) is 60.7 Å². The van der Waals surface area contributed by atoms with Crippen molar-refractivity contribution in [2.45, 2.75) is 31.8 Å². The van der Waals surface area contributed by atoms with Crippen LogP contribution in [0.5, 0.6) is 17.2 Å². The summed E-state index contributed by atoms with van der Waals surface area (Å²) < 4.78 is 40.7. The molecule has 2 aliphatic rings. The quantitative estimate of drug-likeness (QED) is 0.379. The van der Waals surface area contributed by atoms with E-state index in [1.807, 2.05) is 60.7 Å². The van der Waals surface area contributed by atoms with E-state index in [0.29, 0.717) is 32.7 Å². The number of para-hydroxylation sites is 1. The highest BCUT2D eigenvalue weighted by molar-refractivity contribution is 7.90. The van der Waals surface area contributed by atoms with E-state index in [1.54, 1.807) is 0 Å². The van der Waals surface area contributed by atoms with Crippen molar-refractivity contribution in [1.29, 1.82) is 0 Å². The number of aliphatic carboxylic acids is 1. The smallest absolute Gasteiger partial charge is 0.307 e. The standard InChI is InChI=1S/C29H30O7S/c1-37(32,33)15-3-13-34-23-10-11-24-20(16-23)12-14-35-28-21(4-2-5-25(24)28)18-36-22-8-6-19(7-9-22)26-17-27(26)29(30)31/h2,4-11,16,26-27H,3,12-15,17-18H2,1H3,(H,30,31)/t26-,27+/m1/s1. The van der Waals surface area contributed by atoms with Gasteiger partial charge in [-0.05, 0) is 59.7 Å². The number of fused-ring (bicyclic) bond motifs is 3. The summed E-state index contributed by atoms with van der Waals surface area (Å²) in [6.45, 7) is 1.22. The third-order valence-electron chi connectivity index (χ3n) is 6.82. The van der Waals surface area contributed by atoms with Gasteiger partial charge in [0.25, 0.3) is 0 Å². The zero-order valence-electron chi connectivity index (χ0n) is 20.7. The van der Waals surface area contributed by atoms with Gasteiger partial charge >= 0.3 is 5.97 Å². The molecular formula is C29H30O7S. The molecule has 2 atom stereocenters. The average Bonchev–Trinajstić information content (AvgIpc) is 3.69. The van der Waals surface area contributed by atoms with Crippen molar-refractivity contribution in [2.24, 2.45) is 5.92 Å². The molecule has 1 N–H and O–H groups in total. The number of ether oxygens (including phenoxy) is 3. The van der Waals surface area contributed by atoms with Crippen LogP contribution in [-0.4, -0.2) is 44.7 Å². The van der Waals surface area contributed by atoms with Crippen LogP contribution in [0.1, 0.15) is 35.4 Å². The van der Waals surface area contributed by atoms with Crippen molar-refractivity contribution < 1.29 is 32.5 Å². The molecule has 1 aliphatic heterocycles. The van der Waals surface area contributed by atoms with Crippen molar-refractivity contribution in [3.63, 3.8) is 0 Å². The number of sulfone groups is 1. The lowest BCUT2D eigenvalue weighted by molar-refractivity contribution is -0.138. The first-order valence-electron chi connectivity index (χ1n) is 12.4. The summed E-state index contributed by atoms with van der Waals surface area (Å²) in [7, 11) is -2.99. The maximum atomic E-state index is 11.3. The fourth-order valence-corrected chi connectivity index (χ4v) is 5.44. The van der Waals surface area contributed by atoms with E-state index in [4.69, 9.17) is 19.3 Å². The van der Waals surface area contributed by atoms with Crippen LogP contribution < -0.4 is 14.2 Å². The molecule has 3 aromatic carbocycles. The monoisotopic (exact) mass is 522 g/mol. The SMILES string of the molecule is CS(=O)(=O)CCCOc1ccc2c(c1)CCOc1c(COc3ccc([C@H]4C[C@@H]4C(=O)O)cc3)cccc1-2. The van der Waals surface area contributed by atoms with Gasteiger partial charge in [-0.15, -0.1) is 0 Å². The maximum absolute atomic E-state index is 11.3. The van der Waals surface area contributed by atoms with E-state index in [0.717, 1.165) is 51.5 Å². The molecule has 1 fully saturated rings. The zero-order chi connectivity index (χ0) is 26.0. The van der Waals surface area contributed by atoms with Crippen molar-refractivity contribution in [2.75, 3.05) is 25.2 Å². The molecule has 194 valence electrons. The molecule has 7 nitrogen and oxygen atoms in total. The molecular weight excluding hydrogens is 492 g/mol. The highest BCUT2D eigenvalue weighted by Gasteiger charge is 2.44.